The molecule has 1 atom stereocenters. The van der Waals surface area contributed by atoms with E-state index in [1.165, 1.54) is 0 Å². The predicted molar refractivity (Wildman–Crippen MR) is 77.5 cm³/mol. The molecule has 0 aliphatic carbocycles. The first-order chi connectivity index (χ1) is 9.11. The molecule has 0 heterocycles. The van der Waals surface area contributed by atoms with E-state index in [2.05, 4.69) is 10.6 Å². The van der Waals surface area contributed by atoms with Gasteiger partial charge in [0.2, 0.25) is 0 Å². The molecular weight excluding hydrogens is 264 g/mol. The topological polar surface area (TPSA) is 61.4 Å². The third-order valence-corrected chi connectivity index (χ3v) is 3.04. The number of amides is 2. The van der Waals surface area contributed by atoms with E-state index in [-0.39, 0.29) is 18.7 Å². The van der Waals surface area contributed by atoms with Crippen LogP contribution in [0.3, 0.4) is 0 Å². The van der Waals surface area contributed by atoms with E-state index in [9.17, 15) is 4.79 Å². The maximum atomic E-state index is 11.6. The van der Waals surface area contributed by atoms with Crippen molar-refractivity contribution in [2.75, 3.05) is 13.2 Å². The van der Waals surface area contributed by atoms with Crippen LogP contribution in [-0.4, -0.2) is 30.3 Å². The summed E-state index contributed by atoms with van der Waals surface area (Å²) in [4.78, 5) is 11.6. The van der Waals surface area contributed by atoms with Gasteiger partial charge in [-0.05, 0) is 43.9 Å². The lowest BCUT2D eigenvalue weighted by Gasteiger charge is -2.14. The fourth-order valence-electron chi connectivity index (χ4n) is 1.72. The smallest absolute Gasteiger partial charge is 0.315 e. The Bertz CT molecular complexity index is 382. The molecule has 0 fully saturated rings. The second-order valence-corrected chi connectivity index (χ2v) is 4.98. The van der Waals surface area contributed by atoms with Gasteiger partial charge < -0.3 is 15.7 Å². The van der Waals surface area contributed by atoms with Gasteiger partial charge in [0, 0.05) is 24.2 Å². The average molecular weight is 285 g/mol. The highest BCUT2D eigenvalue weighted by Crippen LogP contribution is 2.09. The van der Waals surface area contributed by atoms with Gasteiger partial charge in [0.15, 0.2) is 0 Å². The van der Waals surface area contributed by atoms with Crippen LogP contribution in [0.2, 0.25) is 5.02 Å². The maximum absolute atomic E-state index is 11.6. The van der Waals surface area contributed by atoms with Gasteiger partial charge in [0.05, 0.1) is 0 Å². The second kappa shape index (κ2) is 8.77. The number of urea groups is 1. The molecule has 4 nitrogen and oxygen atoms in total. The molecule has 106 valence electrons. The Morgan fingerprint density at radius 2 is 2.05 bits per heavy atom. The van der Waals surface area contributed by atoms with Crippen LogP contribution in [-0.2, 0) is 6.42 Å². The van der Waals surface area contributed by atoms with Crippen LogP contribution >= 0.6 is 11.6 Å². The zero-order chi connectivity index (χ0) is 14.1. The Hall–Kier alpha value is -1.26. The summed E-state index contributed by atoms with van der Waals surface area (Å²) in [6.45, 7) is 2.67. The second-order valence-electron chi connectivity index (χ2n) is 4.54. The van der Waals surface area contributed by atoms with Crippen molar-refractivity contribution in [3.63, 3.8) is 0 Å². The van der Waals surface area contributed by atoms with Gasteiger partial charge in [-0.1, -0.05) is 23.7 Å². The lowest BCUT2D eigenvalue weighted by Crippen LogP contribution is -2.41. The summed E-state index contributed by atoms with van der Waals surface area (Å²) < 4.78 is 0. The summed E-state index contributed by atoms with van der Waals surface area (Å²) in [6, 6.07) is 7.49. The van der Waals surface area contributed by atoms with Crippen molar-refractivity contribution in [1.29, 1.82) is 0 Å². The molecule has 19 heavy (non-hydrogen) atoms. The SMILES string of the molecule is CC(CCCO)NC(=O)NCCc1ccc(Cl)cc1. The number of carbonyl (C=O) groups is 1. The molecule has 5 heteroatoms. The van der Waals surface area contributed by atoms with Crippen molar-refractivity contribution in [1.82, 2.24) is 10.6 Å². The van der Waals surface area contributed by atoms with E-state index >= 15 is 0 Å². The first-order valence-corrected chi connectivity index (χ1v) is 6.89. The third kappa shape index (κ3) is 7.03. The summed E-state index contributed by atoms with van der Waals surface area (Å²) in [5, 5.41) is 15.0. The van der Waals surface area contributed by atoms with E-state index in [4.69, 9.17) is 16.7 Å². The van der Waals surface area contributed by atoms with Gasteiger partial charge in [-0.2, -0.15) is 0 Å². The van der Waals surface area contributed by atoms with Crippen molar-refractivity contribution in [2.24, 2.45) is 0 Å². The zero-order valence-corrected chi connectivity index (χ0v) is 11.9. The van der Waals surface area contributed by atoms with Crippen LogP contribution in [0.15, 0.2) is 24.3 Å². The van der Waals surface area contributed by atoms with Gasteiger partial charge in [0.1, 0.15) is 0 Å². The lowest BCUT2D eigenvalue weighted by molar-refractivity contribution is 0.234. The molecule has 0 aliphatic heterocycles. The van der Waals surface area contributed by atoms with Gasteiger partial charge in [-0.25, -0.2) is 4.79 Å². The highest BCUT2D eigenvalue weighted by atomic mass is 35.5. The third-order valence-electron chi connectivity index (χ3n) is 2.79. The first kappa shape index (κ1) is 15.8. The monoisotopic (exact) mass is 284 g/mol. The van der Waals surface area contributed by atoms with Crippen molar-refractivity contribution in [3.8, 4) is 0 Å². The molecule has 1 aromatic carbocycles. The van der Waals surface area contributed by atoms with Gasteiger partial charge in [-0.3, -0.25) is 0 Å². The quantitative estimate of drug-likeness (QED) is 0.720. The summed E-state index contributed by atoms with van der Waals surface area (Å²) in [5.74, 6) is 0. The van der Waals surface area contributed by atoms with Crippen molar-refractivity contribution in [3.05, 3.63) is 34.9 Å². The predicted octanol–water partition coefficient (Wildman–Crippen LogP) is 2.34. The molecule has 1 aromatic rings. The molecule has 3 N–H and O–H groups in total. The zero-order valence-electron chi connectivity index (χ0n) is 11.2. The number of nitrogens with one attached hydrogen (secondary N) is 2. The standard InChI is InChI=1S/C14H21ClN2O2/c1-11(3-2-10-18)17-14(19)16-9-8-12-4-6-13(15)7-5-12/h4-7,11,18H,2-3,8-10H2,1H3,(H2,16,17,19). The number of benzene rings is 1. The summed E-state index contributed by atoms with van der Waals surface area (Å²) in [7, 11) is 0. The van der Waals surface area contributed by atoms with Crippen molar-refractivity contribution >= 4 is 17.6 Å². The molecule has 1 rings (SSSR count). The molecule has 0 aliphatic rings. The minimum absolute atomic E-state index is 0.0719. The van der Waals surface area contributed by atoms with Crippen LogP contribution in [0, 0.1) is 0 Å². The van der Waals surface area contributed by atoms with Crippen LogP contribution in [0.25, 0.3) is 0 Å². The Balaban J connectivity index is 2.18. The summed E-state index contributed by atoms with van der Waals surface area (Å²) in [6.07, 6.45) is 2.25. The van der Waals surface area contributed by atoms with Gasteiger partial charge >= 0.3 is 6.03 Å². The minimum atomic E-state index is -0.167. The van der Waals surface area contributed by atoms with E-state index in [0.29, 0.717) is 18.0 Å². The maximum Gasteiger partial charge on any atom is 0.315 e. The number of hydrogen-bond donors (Lipinski definition) is 3. The fraction of sp³-hybridized carbons (Fsp3) is 0.500. The molecule has 2 amide bonds. The highest BCUT2D eigenvalue weighted by molar-refractivity contribution is 6.30. The highest BCUT2D eigenvalue weighted by Gasteiger charge is 2.05. The number of carbonyl (C=O) groups excluding carboxylic acids is 1. The molecule has 1 unspecified atom stereocenters. The Labute approximate surface area is 119 Å². The van der Waals surface area contributed by atoms with Gasteiger partial charge in [-0.15, -0.1) is 0 Å². The van der Waals surface area contributed by atoms with Crippen molar-refractivity contribution in [2.45, 2.75) is 32.2 Å². The van der Waals surface area contributed by atoms with E-state index in [1.807, 2.05) is 31.2 Å². The lowest BCUT2D eigenvalue weighted by atomic mass is 10.1. The van der Waals surface area contributed by atoms with E-state index < -0.39 is 0 Å². The van der Waals surface area contributed by atoms with Gasteiger partial charge in [0.25, 0.3) is 0 Å². The largest absolute Gasteiger partial charge is 0.396 e. The Kier molecular flexibility index (Phi) is 7.30. The Morgan fingerprint density at radius 1 is 1.37 bits per heavy atom. The summed E-state index contributed by atoms with van der Waals surface area (Å²) in [5.41, 5.74) is 1.14. The number of aliphatic hydroxyl groups is 1. The number of aliphatic hydroxyl groups excluding tert-OH is 1. The molecular formula is C14H21ClN2O2. The fourth-order valence-corrected chi connectivity index (χ4v) is 1.84. The molecule has 0 saturated heterocycles. The number of halogens is 1. The van der Waals surface area contributed by atoms with Crippen LogP contribution in [0.4, 0.5) is 4.79 Å². The van der Waals surface area contributed by atoms with E-state index in [1.54, 1.807) is 0 Å². The molecule has 0 aromatic heterocycles. The molecule has 0 saturated carbocycles. The molecule has 0 bridgehead atoms. The Morgan fingerprint density at radius 3 is 2.68 bits per heavy atom. The normalized spacial score (nSPS) is 11.9. The van der Waals surface area contributed by atoms with E-state index in [0.717, 1.165) is 18.4 Å². The average Bonchev–Trinajstić information content (AvgIpc) is 2.38. The van der Waals surface area contributed by atoms with Crippen LogP contribution < -0.4 is 10.6 Å². The van der Waals surface area contributed by atoms with Crippen molar-refractivity contribution < 1.29 is 9.90 Å². The number of hydrogen-bond acceptors (Lipinski definition) is 2. The number of rotatable bonds is 7. The first-order valence-electron chi connectivity index (χ1n) is 6.51. The van der Waals surface area contributed by atoms with Crippen LogP contribution in [0.5, 0.6) is 0 Å². The summed E-state index contributed by atoms with van der Waals surface area (Å²) >= 11 is 5.80. The minimum Gasteiger partial charge on any atom is -0.396 e. The molecule has 0 radical (unpaired) electrons. The van der Waals surface area contributed by atoms with Crippen LogP contribution in [0.1, 0.15) is 25.3 Å². The molecule has 0 spiro atoms.